The van der Waals surface area contributed by atoms with Crippen molar-refractivity contribution < 1.29 is 18.0 Å². The number of benzene rings is 1. The molecule has 6 heteroatoms. The van der Waals surface area contributed by atoms with Gasteiger partial charge in [0.25, 0.3) is 5.91 Å². The topological polar surface area (TPSA) is 44.1 Å². The molecule has 0 heterocycles. The molecule has 0 atom stereocenters. The van der Waals surface area contributed by atoms with Crippen molar-refractivity contribution in [3.63, 3.8) is 0 Å². The van der Waals surface area contributed by atoms with Crippen LogP contribution in [0.4, 0.5) is 18.9 Å². The Morgan fingerprint density at radius 1 is 1.42 bits per heavy atom. The molecular weight excluding hydrogens is 257 g/mol. The molecule has 0 saturated carbocycles. The molecule has 0 aliphatic heterocycles. The fourth-order valence-corrected chi connectivity index (χ4v) is 1.49. The van der Waals surface area contributed by atoms with Crippen LogP contribution in [0.15, 0.2) is 30.4 Å². The van der Waals surface area contributed by atoms with Crippen LogP contribution in [0.3, 0.4) is 0 Å². The molecule has 0 bridgehead atoms. The van der Waals surface area contributed by atoms with Crippen molar-refractivity contribution >= 4 is 11.6 Å². The number of hydrogen-bond acceptors (Lipinski definition) is 2. The van der Waals surface area contributed by atoms with E-state index in [0.29, 0.717) is 0 Å². The number of amides is 1. The maximum absolute atomic E-state index is 12.5. The van der Waals surface area contributed by atoms with Gasteiger partial charge in [0.2, 0.25) is 0 Å². The van der Waals surface area contributed by atoms with E-state index in [4.69, 9.17) is 5.26 Å². The summed E-state index contributed by atoms with van der Waals surface area (Å²) in [5, 5.41) is 8.90. The first-order valence-electron chi connectivity index (χ1n) is 5.23. The molecule has 0 unspecified atom stereocenters. The zero-order valence-corrected chi connectivity index (χ0v) is 10.4. The molecule has 0 spiro atoms. The number of rotatable bonds is 2. The number of halogens is 3. The lowest BCUT2D eigenvalue weighted by Gasteiger charge is -2.19. The average molecular weight is 268 g/mol. The predicted molar refractivity (Wildman–Crippen MR) is 64.4 cm³/mol. The zero-order chi connectivity index (χ0) is 14.8. The van der Waals surface area contributed by atoms with Crippen LogP contribution >= 0.6 is 0 Å². The summed E-state index contributed by atoms with van der Waals surface area (Å²) in [4.78, 5) is 12.8. The van der Waals surface area contributed by atoms with Crippen molar-refractivity contribution in [2.75, 3.05) is 11.9 Å². The van der Waals surface area contributed by atoms with Crippen LogP contribution in [0, 0.1) is 11.3 Å². The Labute approximate surface area is 108 Å². The molecule has 0 N–H and O–H groups in total. The minimum absolute atomic E-state index is 0.114. The quantitative estimate of drug-likeness (QED) is 0.773. The van der Waals surface area contributed by atoms with Gasteiger partial charge in [-0.2, -0.15) is 18.4 Å². The Balaban J connectivity index is 3.29. The molecule has 3 nitrogen and oxygen atoms in total. The summed E-state index contributed by atoms with van der Waals surface area (Å²) in [5.41, 5.74) is -0.800. The van der Waals surface area contributed by atoms with Gasteiger partial charge in [0.15, 0.2) is 0 Å². The van der Waals surface area contributed by atoms with Crippen molar-refractivity contribution in [1.29, 1.82) is 5.26 Å². The predicted octanol–water partition coefficient (Wildman–Crippen LogP) is 3.12. The molecule has 19 heavy (non-hydrogen) atoms. The Morgan fingerprint density at radius 2 is 2.00 bits per heavy atom. The average Bonchev–Trinajstić information content (AvgIpc) is 2.34. The molecule has 0 saturated heterocycles. The maximum Gasteiger partial charge on any atom is 0.416 e. The summed E-state index contributed by atoms with van der Waals surface area (Å²) in [6, 6.07) is 4.31. The molecule has 100 valence electrons. The standard InChI is InChI=1S/C13H11F3N2O/c1-8(2)12(19)18(3)11-5-4-10(13(14,15)16)6-9(11)7-17/h4-6H,1H2,2-3H3. The molecule has 0 aliphatic rings. The van der Waals surface area contributed by atoms with Gasteiger partial charge in [-0.1, -0.05) is 6.58 Å². The minimum Gasteiger partial charge on any atom is -0.310 e. The highest BCUT2D eigenvalue weighted by molar-refractivity contribution is 6.05. The summed E-state index contributed by atoms with van der Waals surface area (Å²) < 4.78 is 37.6. The normalized spacial score (nSPS) is 10.7. The van der Waals surface area contributed by atoms with Gasteiger partial charge < -0.3 is 4.90 Å². The molecule has 0 fully saturated rings. The highest BCUT2D eigenvalue weighted by Crippen LogP contribution is 2.32. The van der Waals surface area contributed by atoms with E-state index >= 15 is 0 Å². The smallest absolute Gasteiger partial charge is 0.310 e. The van der Waals surface area contributed by atoms with Crippen molar-refractivity contribution in [2.24, 2.45) is 0 Å². The van der Waals surface area contributed by atoms with Gasteiger partial charge in [0.1, 0.15) is 6.07 Å². The Morgan fingerprint density at radius 3 is 2.42 bits per heavy atom. The van der Waals surface area contributed by atoms with E-state index in [9.17, 15) is 18.0 Å². The number of alkyl halides is 3. The van der Waals surface area contributed by atoms with E-state index in [1.807, 2.05) is 0 Å². The summed E-state index contributed by atoms with van der Waals surface area (Å²) >= 11 is 0. The zero-order valence-electron chi connectivity index (χ0n) is 10.4. The van der Waals surface area contributed by atoms with Crippen LogP contribution in [0.1, 0.15) is 18.1 Å². The molecule has 1 amide bonds. The molecule has 1 aromatic rings. The van der Waals surface area contributed by atoms with E-state index in [-0.39, 0.29) is 16.8 Å². The van der Waals surface area contributed by atoms with Crippen LogP contribution in [-0.2, 0) is 11.0 Å². The summed E-state index contributed by atoms with van der Waals surface area (Å²) in [6.45, 7) is 4.94. The maximum atomic E-state index is 12.5. The Kier molecular flexibility index (Phi) is 4.00. The summed E-state index contributed by atoms with van der Waals surface area (Å²) in [5.74, 6) is -0.462. The van der Waals surface area contributed by atoms with Gasteiger partial charge in [0, 0.05) is 12.6 Å². The largest absolute Gasteiger partial charge is 0.416 e. The van der Waals surface area contributed by atoms with E-state index in [2.05, 4.69) is 6.58 Å². The van der Waals surface area contributed by atoms with E-state index in [1.54, 1.807) is 6.07 Å². The Bertz CT molecular complexity index is 570. The minimum atomic E-state index is -4.53. The number of likely N-dealkylation sites (N-methyl/N-ethyl adjacent to an activating group) is 1. The van der Waals surface area contributed by atoms with Crippen LogP contribution in [-0.4, -0.2) is 13.0 Å². The lowest BCUT2D eigenvalue weighted by Crippen LogP contribution is -2.27. The van der Waals surface area contributed by atoms with Gasteiger partial charge in [0.05, 0.1) is 16.8 Å². The molecule has 0 aromatic heterocycles. The second-order valence-electron chi connectivity index (χ2n) is 3.99. The summed E-state index contributed by atoms with van der Waals surface area (Å²) in [7, 11) is 1.38. The second kappa shape index (κ2) is 5.14. The van der Waals surface area contributed by atoms with Crippen molar-refractivity contribution in [2.45, 2.75) is 13.1 Å². The fraction of sp³-hybridized carbons (Fsp3) is 0.231. The molecule has 0 aliphatic carbocycles. The first-order valence-corrected chi connectivity index (χ1v) is 5.23. The highest BCUT2D eigenvalue weighted by atomic mass is 19.4. The summed E-state index contributed by atoms with van der Waals surface area (Å²) in [6.07, 6.45) is -4.53. The third kappa shape index (κ3) is 3.13. The number of carbonyl (C=O) groups excluding carboxylic acids is 1. The number of nitriles is 1. The third-order valence-corrected chi connectivity index (χ3v) is 2.48. The first kappa shape index (κ1) is 14.8. The number of nitrogens with zero attached hydrogens (tertiary/aromatic N) is 2. The van der Waals surface area contributed by atoms with E-state index in [1.165, 1.54) is 14.0 Å². The van der Waals surface area contributed by atoms with Crippen molar-refractivity contribution in [3.8, 4) is 6.07 Å². The van der Waals surface area contributed by atoms with Gasteiger partial charge in [-0.3, -0.25) is 4.79 Å². The fourth-order valence-electron chi connectivity index (χ4n) is 1.49. The third-order valence-electron chi connectivity index (χ3n) is 2.48. The molecule has 1 aromatic carbocycles. The van der Waals surface area contributed by atoms with E-state index in [0.717, 1.165) is 23.1 Å². The second-order valence-corrected chi connectivity index (χ2v) is 3.99. The molecule has 1 rings (SSSR count). The lowest BCUT2D eigenvalue weighted by atomic mass is 10.1. The Hall–Kier alpha value is -2.29. The number of anilines is 1. The molecule has 0 radical (unpaired) electrons. The van der Waals surface area contributed by atoms with Crippen LogP contribution < -0.4 is 4.90 Å². The SMILES string of the molecule is C=C(C)C(=O)N(C)c1ccc(C(F)(F)F)cc1C#N. The van der Waals surface area contributed by atoms with Gasteiger partial charge in [-0.25, -0.2) is 0 Å². The first-order chi connectivity index (χ1) is 8.68. The monoisotopic (exact) mass is 268 g/mol. The number of carbonyl (C=O) groups is 1. The van der Waals surface area contributed by atoms with Gasteiger partial charge in [-0.15, -0.1) is 0 Å². The number of hydrogen-bond donors (Lipinski definition) is 0. The van der Waals surface area contributed by atoms with Crippen LogP contribution in [0.5, 0.6) is 0 Å². The molecular formula is C13H11F3N2O. The van der Waals surface area contributed by atoms with Crippen LogP contribution in [0.25, 0.3) is 0 Å². The van der Waals surface area contributed by atoms with Gasteiger partial charge in [-0.05, 0) is 25.1 Å². The van der Waals surface area contributed by atoms with Crippen LogP contribution in [0.2, 0.25) is 0 Å². The van der Waals surface area contributed by atoms with Crippen molar-refractivity contribution in [1.82, 2.24) is 0 Å². The van der Waals surface area contributed by atoms with Crippen molar-refractivity contribution in [3.05, 3.63) is 41.5 Å². The van der Waals surface area contributed by atoms with Gasteiger partial charge >= 0.3 is 6.18 Å². The van der Waals surface area contributed by atoms with E-state index < -0.39 is 17.6 Å². The lowest BCUT2D eigenvalue weighted by molar-refractivity contribution is -0.137. The highest BCUT2D eigenvalue weighted by Gasteiger charge is 2.31.